The third kappa shape index (κ3) is 15.3. The molecule has 2 fully saturated rings. The van der Waals surface area contributed by atoms with Crippen LogP contribution in [0.1, 0.15) is 72.5 Å². The van der Waals surface area contributed by atoms with E-state index in [1.807, 2.05) is 0 Å². The Bertz CT molecular complexity index is 3270. The van der Waals surface area contributed by atoms with Crippen molar-refractivity contribution in [2.24, 2.45) is 0 Å². The third-order valence-electron chi connectivity index (χ3n) is 12.9. The van der Waals surface area contributed by atoms with Crippen LogP contribution in [0.15, 0.2) is 212 Å². The average Bonchev–Trinajstić information content (AvgIpc) is 3.54. The van der Waals surface area contributed by atoms with E-state index in [0.29, 0.717) is 0 Å². The standard InChI is InChI=1S/C62H53O20P/c1-71-61-52(80-59(68)44-33-19-7-20-34-44)50(78-57(66)42-29-15-5-16-30-42)49(77-56(65)41-27-13-4-14-28-41)47(74-61)38-73-83(70)82-62-53(81-60(69)45-35-21-8-22-36-45)51(79-58(67)43-31-17-6-18-32-43)48(76-55(64)40-25-11-3-12-26-40)46(75-62)37-72-54(63)39-23-9-2-10-24-39/h2-36,46-53,61-62,70H,37-38H2,1H3/t46-,47-,48-,49-,50+,51+,52-,53-,61+,62+,83?/m1/s1. The molecule has 21 heteroatoms. The molecule has 0 saturated carbocycles. The zero-order valence-corrected chi connectivity index (χ0v) is 44.9. The van der Waals surface area contributed by atoms with Crippen molar-refractivity contribution in [1.29, 1.82) is 0 Å². The molecule has 0 aliphatic carbocycles. The molecule has 0 radical (unpaired) electrons. The monoisotopic (exact) mass is 1150 g/mol. The molecular weight excluding hydrogens is 1100 g/mol. The third-order valence-corrected chi connectivity index (χ3v) is 13.6. The second-order valence-corrected chi connectivity index (χ2v) is 19.3. The van der Waals surface area contributed by atoms with Gasteiger partial charge in [0.15, 0.2) is 42.9 Å². The Balaban J connectivity index is 1.06. The fraction of sp³-hybridized carbons (Fsp3) is 0.210. The highest BCUT2D eigenvalue weighted by Gasteiger charge is 2.56. The van der Waals surface area contributed by atoms with Gasteiger partial charge in [-0.1, -0.05) is 127 Å². The van der Waals surface area contributed by atoms with Crippen LogP contribution in [-0.4, -0.2) is 128 Å². The Kier molecular flexibility index (Phi) is 20.2. The maximum atomic E-state index is 14.2. The van der Waals surface area contributed by atoms with Crippen LogP contribution < -0.4 is 0 Å². The SMILES string of the molecule is CO[C@H]1O[C@H](COP(O)O[C@@H]2O[C@H](COC(=O)c3ccccc3)[C@@H](OC(=O)c3ccccc3)[C@H](OC(=O)c3ccccc3)[C@H]2OC(=O)c2ccccc2)[C@@H](OC(=O)c2ccccc2)[C@H](OC(=O)c2ccccc2)[C@H]1OC(=O)c1ccccc1. The molecule has 2 aliphatic heterocycles. The molecule has 1 unspecified atom stereocenters. The van der Waals surface area contributed by atoms with Crippen molar-refractivity contribution in [2.45, 2.75) is 61.4 Å². The fourth-order valence-electron chi connectivity index (χ4n) is 8.77. The van der Waals surface area contributed by atoms with Crippen molar-refractivity contribution in [1.82, 2.24) is 0 Å². The largest absolute Gasteiger partial charge is 0.459 e. The normalized spacial score (nSPS) is 22.3. The van der Waals surface area contributed by atoms with Crippen LogP contribution >= 0.6 is 8.60 Å². The molecule has 0 amide bonds. The number of carbonyl (C=O) groups is 7. The number of hydrogen-bond acceptors (Lipinski definition) is 20. The Morgan fingerprint density at radius 3 is 0.916 bits per heavy atom. The number of hydrogen-bond donors (Lipinski definition) is 1. The number of esters is 7. The zero-order valence-electron chi connectivity index (χ0n) is 44.0. The van der Waals surface area contributed by atoms with Gasteiger partial charge in [0.2, 0.25) is 6.29 Å². The number of methoxy groups -OCH3 is 1. The summed E-state index contributed by atoms with van der Waals surface area (Å²) in [5.74, 6) is -6.54. The minimum absolute atomic E-state index is 0.00662. The van der Waals surface area contributed by atoms with Crippen molar-refractivity contribution in [3.05, 3.63) is 251 Å². The first-order valence-corrected chi connectivity index (χ1v) is 27.0. The first-order chi connectivity index (χ1) is 40.4. The van der Waals surface area contributed by atoms with E-state index >= 15 is 0 Å². The van der Waals surface area contributed by atoms with Gasteiger partial charge in [-0.05, 0) is 84.9 Å². The summed E-state index contributed by atoms with van der Waals surface area (Å²) in [6.07, 6.45) is -17.4. The molecule has 20 nitrogen and oxygen atoms in total. The van der Waals surface area contributed by atoms with Crippen LogP contribution in [0.4, 0.5) is 0 Å². The van der Waals surface area contributed by atoms with E-state index in [0.717, 1.165) is 0 Å². The first kappa shape index (κ1) is 58.7. The lowest BCUT2D eigenvalue weighted by Gasteiger charge is -2.45. The van der Waals surface area contributed by atoms with Gasteiger partial charge in [-0.25, -0.2) is 33.6 Å². The molecule has 0 aromatic heterocycles. The smallest absolute Gasteiger partial charge is 0.338 e. The molecule has 1 N–H and O–H groups in total. The fourth-order valence-corrected chi connectivity index (χ4v) is 9.45. The molecule has 0 spiro atoms. The number of rotatable bonds is 21. The molecule has 11 atom stereocenters. The van der Waals surface area contributed by atoms with Gasteiger partial charge in [0.1, 0.15) is 18.8 Å². The van der Waals surface area contributed by atoms with Crippen LogP contribution in [0.3, 0.4) is 0 Å². The van der Waals surface area contributed by atoms with Gasteiger partial charge in [-0.15, -0.1) is 0 Å². The number of benzene rings is 7. The molecule has 2 saturated heterocycles. The minimum atomic E-state index is -3.31. The van der Waals surface area contributed by atoms with Crippen LogP contribution in [-0.2, 0) is 56.4 Å². The van der Waals surface area contributed by atoms with Gasteiger partial charge in [0.25, 0.3) is 0 Å². The van der Waals surface area contributed by atoms with Gasteiger partial charge >= 0.3 is 50.4 Å². The van der Waals surface area contributed by atoms with Gasteiger partial charge in [-0.3, -0.25) is 4.52 Å². The molecule has 7 aromatic carbocycles. The summed E-state index contributed by atoms with van der Waals surface area (Å²) in [5.41, 5.74) is 0.448. The Hall–Kier alpha value is -8.98. The van der Waals surface area contributed by atoms with E-state index in [4.69, 9.17) is 56.4 Å². The molecule has 9 rings (SSSR count). The van der Waals surface area contributed by atoms with Crippen LogP contribution in [0, 0.1) is 0 Å². The number of ether oxygens (including phenoxy) is 10. The molecule has 0 bridgehead atoms. The maximum Gasteiger partial charge on any atom is 0.338 e. The van der Waals surface area contributed by atoms with E-state index in [-0.39, 0.29) is 38.9 Å². The summed E-state index contributed by atoms with van der Waals surface area (Å²) in [6.45, 7) is -1.50. The molecule has 83 heavy (non-hydrogen) atoms. The summed E-state index contributed by atoms with van der Waals surface area (Å²) >= 11 is 0. The highest BCUT2D eigenvalue weighted by Crippen LogP contribution is 2.42. The predicted octanol–water partition coefficient (Wildman–Crippen LogP) is 8.55. The maximum absolute atomic E-state index is 14.2. The second kappa shape index (κ2) is 28.6. The summed E-state index contributed by atoms with van der Waals surface area (Å²) in [6, 6.07) is 54.4. The Morgan fingerprint density at radius 2 is 0.602 bits per heavy atom. The van der Waals surface area contributed by atoms with Crippen molar-refractivity contribution in [3.63, 3.8) is 0 Å². The van der Waals surface area contributed by atoms with Gasteiger partial charge in [0.05, 0.1) is 45.6 Å². The van der Waals surface area contributed by atoms with Crippen LogP contribution in [0.2, 0.25) is 0 Å². The van der Waals surface area contributed by atoms with Crippen molar-refractivity contribution in [3.8, 4) is 0 Å². The van der Waals surface area contributed by atoms with Crippen molar-refractivity contribution < 1.29 is 94.9 Å². The quantitative estimate of drug-likeness (QED) is 0.0402. The molecule has 426 valence electrons. The van der Waals surface area contributed by atoms with E-state index in [9.17, 15) is 38.5 Å². The van der Waals surface area contributed by atoms with Gasteiger partial charge in [-0.2, -0.15) is 0 Å². The molecule has 2 heterocycles. The van der Waals surface area contributed by atoms with E-state index in [1.54, 1.807) is 127 Å². The van der Waals surface area contributed by atoms with E-state index in [1.165, 1.54) is 92.0 Å². The van der Waals surface area contributed by atoms with E-state index in [2.05, 4.69) is 0 Å². The average molecular weight is 1150 g/mol. The lowest BCUT2D eigenvalue weighted by atomic mass is 9.97. The first-order valence-electron chi connectivity index (χ1n) is 25.8. The topological polar surface area (TPSA) is 250 Å². The highest BCUT2D eigenvalue weighted by molar-refractivity contribution is 7.40. The predicted molar refractivity (Wildman–Crippen MR) is 291 cm³/mol. The van der Waals surface area contributed by atoms with Crippen molar-refractivity contribution in [2.75, 3.05) is 20.3 Å². The van der Waals surface area contributed by atoms with Gasteiger partial charge in [0, 0.05) is 7.11 Å². The lowest BCUT2D eigenvalue weighted by Crippen LogP contribution is -2.63. The second-order valence-electron chi connectivity index (χ2n) is 18.3. The number of carbonyl (C=O) groups excluding carboxylic acids is 7. The van der Waals surface area contributed by atoms with E-state index < -0.39 is 125 Å². The molecule has 2 aliphatic rings. The Morgan fingerprint density at radius 1 is 0.349 bits per heavy atom. The lowest BCUT2D eigenvalue weighted by molar-refractivity contribution is -0.292. The molecule has 7 aromatic rings. The summed E-state index contributed by atoms with van der Waals surface area (Å²) in [7, 11) is -2.09. The summed E-state index contributed by atoms with van der Waals surface area (Å²) < 4.78 is 72.7. The highest BCUT2D eigenvalue weighted by atomic mass is 31.2. The summed E-state index contributed by atoms with van der Waals surface area (Å²) in [5, 5.41) is 0. The minimum Gasteiger partial charge on any atom is -0.459 e. The van der Waals surface area contributed by atoms with Gasteiger partial charge < -0.3 is 56.8 Å². The van der Waals surface area contributed by atoms with Crippen LogP contribution in [0.5, 0.6) is 0 Å². The Labute approximate surface area is 476 Å². The summed E-state index contributed by atoms with van der Waals surface area (Å²) in [4.78, 5) is 110. The zero-order chi connectivity index (χ0) is 58.1. The van der Waals surface area contributed by atoms with Crippen LogP contribution in [0.25, 0.3) is 0 Å². The molecular formula is C62H53O20P. The van der Waals surface area contributed by atoms with Crippen molar-refractivity contribution >= 4 is 50.4 Å².